The number of hydrogen-bond donors (Lipinski definition) is 1. The van der Waals surface area contributed by atoms with Gasteiger partial charge in [0.05, 0.1) is 48.6 Å². The molecule has 1 heterocycles. The molecule has 0 atom stereocenters. The quantitative estimate of drug-likeness (QED) is 0.406. The fourth-order valence-corrected chi connectivity index (χ4v) is 3.41. The second-order valence-electron chi connectivity index (χ2n) is 6.80. The number of nitrogens with one attached hydrogen (secondary N) is 1. The number of ether oxygens (including phenoxy) is 2. The largest absolute Gasteiger partial charge is 0.496 e. The Morgan fingerprint density at radius 2 is 1.33 bits per heavy atom. The normalized spacial score (nSPS) is 11.6. The standard InChI is InChI=1S/C25H23N3O2/c1-17-21(16-27-19-12-8-5-9-13-19)28-25-20(15-26-18-10-6-4-7-11-18)22(29-2)14-23(30-3)24(17)25/h4-16,28H,1-3H3. The fraction of sp³-hybridized carbons (Fsp3) is 0.120. The SMILES string of the molecule is COc1cc(OC)c2c(C)c(C=Nc3ccccc3)[nH]c2c1C=Nc1ccccc1. The third-order valence-electron chi connectivity index (χ3n) is 4.97. The lowest BCUT2D eigenvalue weighted by atomic mass is 10.1. The van der Waals surface area contributed by atoms with Gasteiger partial charge in [0.25, 0.3) is 0 Å². The van der Waals surface area contributed by atoms with E-state index in [2.05, 4.69) is 21.9 Å². The van der Waals surface area contributed by atoms with Crippen molar-refractivity contribution in [3.05, 3.63) is 83.6 Å². The first-order chi connectivity index (χ1) is 14.7. The highest BCUT2D eigenvalue weighted by atomic mass is 16.5. The summed E-state index contributed by atoms with van der Waals surface area (Å²) < 4.78 is 11.3. The van der Waals surface area contributed by atoms with Crippen molar-refractivity contribution in [3.8, 4) is 11.5 Å². The molecule has 1 aromatic heterocycles. The molecule has 5 heteroatoms. The first kappa shape index (κ1) is 19.5. The summed E-state index contributed by atoms with van der Waals surface area (Å²) in [6.07, 6.45) is 3.67. The molecular weight excluding hydrogens is 374 g/mol. The molecule has 0 radical (unpaired) electrons. The van der Waals surface area contributed by atoms with E-state index in [0.717, 1.165) is 44.8 Å². The number of hydrogen-bond acceptors (Lipinski definition) is 4. The molecule has 30 heavy (non-hydrogen) atoms. The maximum atomic E-state index is 5.66. The molecule has 4 aromatic rings. The zero-order valence-electron chi connectivity index (χ0n) is 17.2. The van der Waals surface area contributed by atoms with E-state index in [-0.39, 0.29) is 0 Å². The number of aromatic nitrogens is 1. The predicted molar refractivity (Wildman–Crippen MR) is 124 cm³/mol. The number of aliphatic imine (C=N–C) groups is 2. The van der Waals surface area contributed by atoms with Crippen LogP contribution in [-0.2, 0) is 0 Å². The van der Waals surface area contributed by atoms with E-state index in [9.17, 15) is 0 Å². The first-order valence-electron chi connectivity index (χ1n) is 9.66. The van der Waals surface area contributed by atoms with Crippen LogP contribution in [0.2, 0.25) is 0 Å². The second kappa shape index (κ2) is 8.66. The van der Waals surface area contributed by atoms with E-state index < -0.39 is 0 Å². The summed E-state index contributed by atoms with van der Waals surface area (Å²) in [4.78, 5) is 12.7. The van der Waals surface area contributed by atoms with E-state index in [0.29, 0.717) is 5.75 Å². The number of aromatic amines is 1. The molecule has 0 spiro atoms. The number of H-pyrrole nitrogens is 1. The Labute approximate surface area is 175 Å². The highest BCUT2D eigenvalue weighted by molar-refractivity contribution is 6.08. The number of nitrogens with zero attached hydrogens (tertiary/aromatic N) is 2. The van der Waals surface area contributed by atoms with Crippen LogP contribution in [0.15, 0.2) is 76.7 Å². The third kappa shape index (κ3) is 3.82. The molecule has 0 aliphatic rings. The average molecular weight is 397 g/mol. The monoisotopic (exact) mass is 397 g/mol. The number of benzene rings is 3. The molecule has 4 rings (SSSR count). The molecule has 0 amide bonds. The summed E-state index contributed by atoms with van der Waals surface area (Å²) in [5.74, 6) is 1.43. The molecule has 0 aliphatic carbocycles. The smallest absolute Gasteiger partial charge is 0.133 e. The Morgan fingerprint density at radius 3 is 1.90 bits per heavy atom. The van der Waals surface area contributed by atoms with E-state index >= 15 is 0 Å². The third-order valence-corrected chi connectivity index (χ3v) is 4.97. The van der Waals surface area contributed by atoms with Crippen molar-refractivity contribution in [3.63, 3.8) is 0 Å². The Hall–Kier alpha value is -3.86. The Bertz CT molecular complexity index is 1210. The van der Waals surface area contributed by atoms with Crippen molar-refractivity contribution in [2.24, 2.45) is 9.98 Å². The lowest BCUT2D eigenvalue weighted by Crippen LogP contribution is -1.95. The van der Waals surface area contributed by atoms with Crippen LogP contribution < -0.4 is 9.47 Å². The minimum atomic E-state index is 0.687. The second-order valence-corrected chi connectivity index (χ2v) is 6.80. The Kier molecular flexibility index (Phi) is 5.61. The summed E-state index contributed by atoms with van der Waals surface area (Å²) in [7, 11) is 3.31. The van der Waals surface area contributed by atoms with Crippen molar-refractivity contribution in [1.29, 1.82) is 0 Å². The minimum Gasteiger partial charge on any atom is -0.496 e. The number of rotatable bonds is 6. The van der Waals surface area contributed by atoms with Crippen molar-refractivity contribution < 1.29 is 9.47 Å². The van der Waals surface area contributed by atoms with Crippen LogP contribution in [0.1, 0.15) is 16.8 Å². The minimum absolute atomic E-state index is 0.687. The number of methoxy groups -OCH3 is 2. The van der Waals surface area contributed by atoms with Gasteiger partial charge in [-0.3, -0.25) is 9.98 Å². The van der Waals surface area contributed by atoms with Gasteiger partial charge in [-0.1, -0.05) is 36.4 Å². The highest BCUT2D eigenvalue weighted by Crippen LogP contribution is 2.38. The molecule has 0 saturated carbocycles. The van der Waals surface area contributed by atoms with Crippen molar-refractivity contribution in [1.82, 2.24) is 4.98 Å². The van der Waals surface area contributed by atoms with E-state index in [1.165, 1.54) is 0 Å². The molecule has 0 fully saturated rings. The van der Waals surface area contributed by atoms with Gasteiger partial charge in [-0.25, -0.2) is 0 Å². The van der Waals surface area contributed by atoms with Crippen LogP contribution in [-0.4, -0.2) is 31.6 Å². The summed E-state index contributed by atoms with van der Waals surface area (Å²) in [5.41, 5.74) is 5.49. The van der Waals surface area contributed by atoms with Crippen LogP contribution in [0.3, 0.4) is 0 Å². The van der Waals surface area contributed by atoms with Crippen molar-refractivity contribution in [2.45, 2.75) is 6.92 Å². The molecule has 0 bridgehead atoms. The number of para-hydroxylation sites is 2. The summed E-state index contributed by atoms with van der Waals surface area (Å²) in [6, 6.07) is 21.6. The maximum absolute atomic E-state index is 5.66. The van der Waals surface area contributed by atoms with Crippen LogP contribution in [0, 0.1) is 6.92 Å². The van der Waals surface area contributed by atoms with Crippen LogP contribution >= 0.6 is 0 Å². The molecule has 3 aromatic carbocycles. The molecule has 5 nitrogen and oxygen atoms in total. The van der Waals surface area contributed by atoms with Crippen LogP contribution in [0.4, 0.5) is 11.4 Å². The van der Waals surface area contributed by atoms with Gasteiger partial charge < -0.3 is 14.5 Å². The van der Waals surface area contributed by atoms with Crippen molar-refractivity contribution >= 4 is 34.7 Å². The van der Waals surface area contributed by atoms with Gasteiger partial charge in [0.1, 0.15) is 11.5 Å². The predicted octanol–water partition coefficient (Wildman–Crippen LogP) is 5.99. The van der Waals surface area contributed by atoms with Crippen LogP contribution in [0.5, 0.6) is 11.5 Å². The van der Waals surface area contributed by atoms with Gasteiger partial charge in [0, 0.05) is 17.7 Å². The lowest BCUT2D eigenvalue weighted by molar-refractivity contribution is 0.397. The molecule has 150 valence electrons. The lowest BCUT2D eigenvalue weighted by Gasteiger charge is -2.10. The first-order valence-corrected chi connectivity index (χ1v) is 9.66. The van der Waals surface area contributed by atoms with Crippen molar-refractivity contribution in [2.75, 3.05) is 14.2 Å². The molecular formula is C25H23N3O2. The van der Waals surface area contributed by atoms with Gasteiger partial charge in [-0.15, -0.1) is 0 Å². The topological polar surface area (TPSA) is 59.0 Å². The zero-order valence-corrected chi connectivity index (χ0v) is 17.2. The highest BCUT2D eigenvalue weighted by Gasteiger charge is 2.18. The molecule has 0 aliphatic heterocycles. The van der Waals surface area contributed by atoms with E-state index in [4.69, 9.17) is 9.47 Å². The average Bonchev–Trinajstić information content (AvgIpc) is 3.13. The van der Waals surface area contributed by atoms with E-state index in [1.807, 2.05) is 79.2 Å². The summed E-state index contributed by atoms with van der Waals surface area (Å²) in [5, 5.41) is 0.988. The molecule has 1 N–H and O–H groups in total. The fourth-order valence-electron chi connectivity index (χ4n) is 3.41. The van der Waals surface area contributed by atoms with Crippen LogP contribution in [0.25, 0.3) is 10.9 Å². The van der Waals surface area contributed by atoms with Gasteiger partial charge >= 0.3 is 0 Å². The van der Waals surface area contributed by atoms with Gasteiger partial charge in [0.2, 0.25) is 0 Å². The zero-order chi connectivity index (χ0) is 20.9. The summed E-state index contributed by atoms with van der Waals surface area (Å²) in [6.45, 7) is 2.05. The maximum Gasteiger partial charge on any atom is 0.133 e. The van der Waals surface area contributed by atoms with Gasteiger partial charge in [-0.05, 0) is 36.8 Å². The summed E-state index contributed by atoms with van der Waals surface area (Å²) >= 11 is 0. The Balaban J connectivity index is 1.86. The Morgan fingerprint density at radius 1 is 0.767 bits per heavy atom. The van der Waals surface area contributed by atoms with Gasteiger partial charge in [0.15, 0.2) is 0 Å². The van der Waals surface area contributed by atoms with Gasteiger partial charge in [-0.2, -0.15) is 0 Å². The number of fused-ring (bicyclic) bond motifs is 1. The van der Waals surface area contributed by atoms with E-state index in [1.54, 1.807) is 14.2 Å². The number of aryl methyl sites for hydroxylation is 1. The molecule has 0 saturated heterocycles. The molecule has 0 unspecified atom stereocenters.